The number of rotatable bonds is 0. The van der Waals surface area contributed by atoms with Crippen molar-refractivity contribution >= 4 is 5.91 Å². The monoisotopic (exact) mass is 205 g/mol. The number of carbonyl (C=O) groups excluding carboxylic acids is 1. The molecular weight excluding hydrogens is 195 g/mol. The van der Waals surface area contributed by atoms with Crippen LogP contribution in [0.5, 0.6) is 0 Å². The van der Waals surface area contributed by atoms with Crippen LogP contribution in [0.15, 0.2) is 0 Å². The molecule has 1 aliphatic heterocycles. The van der Waals surface area contributed by atoms with Crippen LogP contribution in [-0.2, 0) is 4.79 Å². The molecule has 1 heterocycles. The molecule has 1 saturated heterocycles. The third-order valence-corrected chi connectivity index (χ3v) is 2.37. The second kappa shape index (κ2) is 3.91. The summed E-state index contributed by atoms with van der Waals surface area (Å²) in [7, 11) is 0. The zero-order chi connectivity index (χ0) is 10.8. The van der Waals surface area contributed by atoms with Crippen LogP contribution in [-0.4, -0.2) is 30.1 Å². The molecule has 2 nitrogen and oxygen atoms in total. The van der Waals surface area contributed by atoms with Gasteiger partial charge in [0.1, 0.15) is 0 Å². The van der Waals surface area contributed by atoms with E-state index in [0.29, 0.717) is 0 Å². The average Bonchev–Trinajstić information content (AvgIpc) is 2.15. The van der Waals surface area contributed by atoms with Crippen molar-refractivity contribution < 1.29 is 18.0 Å². The van der Waals surface area contributed by atoms with Gasteiger partial charge < -0.3 is 4.90 Å². The SMILES string of the molecule is C#CC(=O)N1CCC(C(F)(F)F)CC1. The summed E-state index contributed by atoms with van der Waals surface area (Å²) in [5, 5.41) is 0. The second-order valence-corrected chi connectivity index (χ2v) is 3.25. The standard InChI is InChI=1S/C9H10F3NO/c1-2-8(14)13-5-3-7(4-6-13)9(10,11)12/h1,7H,3-6H2. The first kappa shape index (κ1) is 10.9. The molecule has 0 aromatic heterocycles. The largest absolute Gasteiger partial charge is 0.391 e. The Balaban J connectivity index is 2.48. The van der Waals surface area contributed by atoms with Gasteiger partial charge in [-0.2, -0.15) is 13.2 Å². The minimum absolute atomic E-state index is 0.0447. The van der Waals surface area contributed by atoms with E-state index in [4.69, 9.17) is 6.42 Å². The Bertz CT molecular complexity index is 258. The summed E-state index contributed by atoms with van der Waals surface area (Å²) in [6.45, 7) is 0.209. The van der Waals surface area contributed by atoms with Gasteiger partial charge in [-0.25, -0.2) is 0 Å². The normalized spacial score (nSPS) is 19.1. The Kier molecular flexibility index (Phi) is 3.04. The Morgan fingerprint density at radius 2 is 1.86 bits per heavy atom. The molecule has 1 fully saturated rings. The average molecular weight is 205 g/mol. The molecule has 14 heavy (non-hydrogen) atoms. The molecule has 0 unspecified atom stereocenters. The van der Waals surface area contributed by atoms with Crippen LogP contribution < -0.4 is 0 Å². The molecule has 1 aliphatic rings. The number of hydrogen-bond donors (Lipinski definition) is 0. The maximum atomic E-state index is 12.2. The first-order chi connectivity index (χ1) is 6.45. The Morgan fingerprint density at radius 3 is 2.21 bits per heavy atom. The van der Waals surface area contributed by atoms with Crippen molar-refractivity contribution in [2.75, 3.05) is 13.1 Å². The molecule has 0 aliphatic carbocycles. The Labute approximate surface area is 80.1 Å². The van der Waals surface area contributed by atoms with E-state index >= 15 is 0 Å². The summed E-state index contributed by atoms with van der Waals surface area (Å²) in [5.74, 6) is 0.0838. The van der Waals surface area contributed by atoms with Gasteiger partial charge in [0.2, 0.25) is 0 Å². The minimum atomic E-state index is -4.15. The van der Waals surface area contributed by atoms with Crippen molar-refractivity contribution in [3.63, 3.8) is 0 Å². The molecule has 0 aromatic carbocycles. The molecule has 78 valence electrons. The number of carbonyl (C=O) groups is 1. The molecule has 5 heteroatoms. The molecule has 0 radical (unpaired) electrons. The molecule has 1 rings (SSSR count). The van der Waals surface area contributed by atoms with Gasteiger partial charge in [-0.1, -0.05) is 0 Å². The number of nitrogens with zero attached hydrogens (tertiary/aromatic N) is 1. The highest BCUT2D eigenvalue weighted by Crippen LogP contribution is 2.33. The Morgan fingerprint density at radius 1 is 1.36 bits per heavy atom. The fourth-order valence-electron chi connectivity index (χ4n) is 1.50. The van der Waals surface area contributed by atoms with Crippen molar-refractivity contribution in [2.24, 2.45) is 5.92 Å². The lowest BCUT2D eigenvalue weighted by molar-refractivity contribution is -0.185. The lowest BCUT2D eigenvalue weighted by Gasteiger charge is -2.31. The van der Waals surface area contributed by atoms with Crippen LogP contribution >= 0.6 is 0 Å². The number of amides is 1. The molecule has 0 saturated carbocycles. The van der Waals surface area contributed by atoms with Crippen molar-refractivity contribution in [1.29, 1.82) is 0 Å². The summed E-state index contributed by atoms with van der Waals surface area (Å²) < 4.78 is 36.6. The van der Waals surface area contributed by atoms with Gasteiger partial charge in [0.15, 0.2) is 0 Å². The van der Waals surface area contributed by atoms with Crippen LogP contribution in [0.1, 0.15) is 12.8 Å². The third kappa shape index (κ3) is 2.41. The number of halogens is 3. The van der Waals surface area contributed by atoms with Crippen molar-refractivity contribution in [3.05, 3.63) is 0 Å². The van der Waals surface area contributed by atoms with Gasteiger partial charge in [0.25, 0.3) is 5.91 Å². The topological polar surface area (TPSA) is 20.3 Å². The van der Waals surface area contributed by atoms with E-state index < -0.39 is 18.0 Å². The summed E-state index contributed by atoms with van der Waals surface area (Å²) in [4.78, 5) is 12.2. The number of terminal acetylenes is 1. The molecule has 0 atom stereocenters. The first-order valence-corrected chi connectivity index (χ1v) is 4.27. The smallest absolute Gasteiger partial charge is 0.332 e. The summed E-state index contributed by atoms with van der Waals surface area (Å²) in [6, 6.07) is 0. The number of alkyl halides is 3. The predicted octanol–water partition coefficient (Wildman–Crippen LogP) is 1.42. The summed E-state index contributed by atoms with van der Waals surface area (Å²) >= 11 is 0. The molecule has 0 aromatic rings. The molecule has 1 amide bonds. The molecule has 0 N–H and O–H groups in total. The van der Waals surface area contributed by atoms with Gasteiger partial charge >= 0.3 is 6.18 Å². The van der Waals surface area contributed by atoms with E-state index in [1.54, 1.807) is 0 Å². The summed E-state index contributed by atoms with van der Waals surface area (Å²) in [5.41, 5.74) is 0. The third-order valence-electron chi connectivity index (χ3n) is 2.37. The fourth-order valence-corrected chi connectivity index (χ4v) is 1.50. The van der Waals surface area contributed by atoms with Gasteiger partial charge in [-0.15, -0.1) is 6.42 Å². The van der Waals surface area contributed by atoms with E-state index in [2.05, 4.69) is 0 Å². The summed E-state index contributed by atoms with van der Waals surface area (Å²) in [6.07, 6.45) is 0.623. The number of hydrogen-bond acceptors (Lipinski definition) is 1. The van der Waals surface area contributed by atoms with Gasteiger partial charge in [-0.05, 0) is 18.8 Å². The van der Waals surface area contributed by atoms with Gasteiger partial charge in [0.05, 0.1) is 5.92 Å². The highest BCUT2D eigenvalue weighted by atomic mass is 19.4. The van der Waals surface area contributed by atoms with Crippen molar-refractivity contribution in [2.45, 2.75) is 19.0 Å². The van der Waals surface area contributed by atoms with E-state index in [0.717, 1.165) is 0 Å². The van der Waals surface area contributed by atoms with E-state index in [1.165, 1.54) is 4.90 Å². The van der Waals surface area contributed by atoms with Crippen LogP contribution in [0.4, 0.5) is 13.2 Å². The first-order valence-electron chi connectivity index (χ1n) is 4.27. The Hall–Kier alpha value is -1.18. The zero-order valence-electron chi connectivity index (χ0n) is 7.47. The van der Waals surface area contributed by atoms with E-state index in [-0.39, 0.29) is 25.9 Å². The van der Waals surface area contributed by atoms with Crippen LogP contribution in [0.3, 0.4) is 0 Å². The fraction of sp³-hybridized carbons (Fsp3) is 0.667. The maximum Gasteiger partial charge on any atom is 0.391 e. The lowest BCUT2D eigenvalue weighted by atomic mass is 9.96. The number of likely N-dealkylation sites (tertiary alicyclic amines) is 1. The van der Waals surface area contributed by atoms with E-state index in [9.17, 15) is 18.0 Å². The van der Waals surface area contributed by atoms with Crippen LogP contribution in [0, 0.1) is 18.3 Å². The van der Waals surface area contributed by atoms with Gasteiger partial charge in [0, 0.05) is 13.1 Å². The zero-order valence-corrected chi connectivity index (χ0v) is 7.47. The predicted molar refractivity (Wildman–Crippen MR) is 44.2 cm³/mol. The minimum Gasteiger partial charge on any atom is -0.332 e. The maximum absolute atomic E-state index is 12.2. The van der Waals surface area contributed by atoms with E-state index in [1.807, 2.05) is 5.92 Å². The number of piperidine rings is 1. The highest BCUT2D eigenvalue weighted by molar-refractivity contribution is 5.92. The molecular formula is C9H10F3NO. The van der Waals surface area contributed by atoms with Crippen LogP contribution in [0.2, 0.25) is 0 Å². The van der Waals surface area contributed by atoms with Crippen molar-refractivity contribution in [3.8, 4) is 12.3 Å². The van der Waals surface area contributed by atoms with Gasteiger partial charge in [-0.3, -0.25) is 4.79 Å². The van der Waals surface area contributed by atoms with Crippen molar-refractivity contribution in [1.82, 2.24) is 4.90 Å². The molecule has 0 spiro atoms. The quantitative estimate of drug-likeness (QED) is 0.548. The van der Waals surface area contributed by atoms with Crippen LogP contribution in [0.25, 0.3) is 0 Å². The lowest BCUT2D eigenvalue weighted by Crippen LogP contribution is -2.41. The molecule has 0 bridgehead atoms. The highest BCUT2D eigenvalue weighted by Gasteiger charge is 2.41. The second-order valence-electron chi connectivity index (χ2n) is 3.25.